The van der Waals surface area contributed by atoms with Gasteiger partial charge in [-0.05, 0) is 82.0 Å². The van der Waals surface area contributed by atoms with Gasteiger partial charge in [0.05, 0.1) is 0 Å². The van der Waals surface area contributed by atoms with E-state index in [1.807, 2.05) is 0 Å². The Bertz CT molecular complexity index is 840. The maximum absolute atomic E-state index is 2.45. The highest BCUT2D eigenvalue weighted by Gasteiger charge is 2.20. The second kappa shape index (κ2) is 3.39. The number of benzene rings is 3. The zero-order chi connectivity index (χ0) is 12.4. The lowest BCUT2D eigenvalue weighted by atomic mass is 9.93. The van der Waals surface area contributed by atoms with E-state index in [4.69, 9.17) is 0 Å². The van der Waals surface area contributed by atoms with Gasteiger partial charge in [-0.15, -0.1) is 0 Å². The van der Waals surface area contributed by atoms with Crippen LogP contribution in [0.5, 0.6) is 0 Å². The minimum absolute atomic E-state index is 1.23. The molecule has 2 aliphatic carbocycles. The summed E-state index contributed by atoms with van der Waals surface area (Å²) in [5.74, 6) is 0. The van der Waals surface area contributed by atoms with Crippen molar-refractivity contribution in [2.45, 2.75) is 32.1 Å². The van der Waals surface area contributed by atoms with Crippen molar-refractivity contribution in [2.24, 2.45) is 0 Å². The van der Waals surface area contributed by atoms with Crippen molar-refractivity contribution in [3.8, 4) is 0 Å². The third-order valence-corrected chi connectivity index (χ3v) is 5.08. The molecular weight excluding hydrogens is 228 g/mol. The third-order valence-electron chi connectivity index (χ3n) is 5.08. The lowest BCUT2D eigenvalue weighted by molar-refractivity contribution is 0.913. The molecule has 0 amide bonds. The first-order valence-electron chi connectivity index (χ1n) is 7.40. The van der Waals surface area contributed by atoms with Crippen molar-refractivity contribution >= 4 is 21.5 Å². The molecule has 0 fully saturated rings. The summed E-state index contributed by atoms with van der Waals surface area (Å²) in [7, 11) is 0. The number of hydrogen-bond donors (Lipinski definition) is 0. The first-order valence-corrected chi connectivity index (χ1v) is 7.40. The van der Waals surface area contributed by atoms with Crippen LogP contribution < -0.4 is 0 Å². The van der Waals surface area contributed by atoms with E-state index in [9.17, 15) is 0 Å². The summed E-state index contributed by atoms with van der Waals surface area (Å²) in [6, 6.07) is 14.0. The predicted octanol–water partition coefficient (Wildman–Crippen LogP) is 4.58. The van der Waals surface area contributed by atoms with Gasteiger partial charge in [0, 0.05) is 0 Å². The van der Waals surface area contributed by atoms with Crippen LogP contribution in [-0.2, 0) is 25.7 Å². The van der Waals surface area contributed by atoms with Gasteiger partial charge < -0.3 is 0 Å². The van der Waals surface area contributed by atoms with E-state index in [-0.39, 0.29) is 0 Å². The van der Waals surface area contributed by atoms with Gasteiger partial charge >= 0.3 is 0 Å². The summed E-state index contributed by atoms with van der Waals surface area (Å²) < 4.78 is 0. The smallest absolute Gasteiger partial charge is 0.0113 e. The van der Waals surface area contributed by atoms with E-state index < -0.39 is 0 Å². The average molecular weight is 244 g/mol. The second-order valence-corrected chi connectivity index (χ2v) is 6.02. The maximum atomic E-state index is 2.45. The van der Waals surface area contributed by atoms with E-state index in [0.717, 1.165) is 0 Å². The Labute approximate surface area is 113 Å². The first kappa shape index (κ1) is 10.0. The Kier molecular flexibility index (Phi) is 1.79. The molecule has 92 valence electrons. The van der Waals surface area contributed by atoms with Gasteiger partial charge in [-0.3, -0.25) is 0 Å². The SMILES string of the molecule is c1cc2c3c(c4ccc5c(c4cc3c1)CCC5)CC2. The molecule has 0 saturated heterocycles. The van der Waals surface area contributed by atoms with Gasteiger partial charge in [0.2, 0.25) is 0 Å². The molecule has 3 aromatic carbocycles. The fourth-order valence-corrected chi connectivity index (χ4v) is 4.25. The fraction of sp³-hybridized carbons (Fsp3) is 0.263. The third kappa shape index (κ3) is 1.19. The van der Waals surface area contributed by atoms with Crippen LogP contribution >= 0.6 is 0 Å². The first-order chi connectivity index (χ1) is 9.42. The topological polar surface area (TPSA) is 0 Å². The van der Waals surface area contributed by atoms with E-state index in [1.165, 1.54) is 48.3 Å². The molecule has 19 heavy (non-hydrogen) atoms. The van der Waals surface area contributed by atoms with E-state index in [2.05, 4.69) is 36.4 Å². The normalized spacial score (nSPS) is 16.4. The van der Waals surface area contributed by atoms with Gasteiger partial charge in [-0.2, -0.15) is 0 Å². The molecule has 5 rings (SSSR count). The minimum Gasteiger partial charge on any atom is -0.0614 e. The lowest BCUT2D eigenvalue weighted by Crippen LogP contribution is -1.89. The highest BCUT2D eigenvalue weighted by Crippen LogP contribution is 2.39. The van der Waals surface area contributed by atoms with Gasteiger partial charge in [0.15, 0.2) is 0 Å². The Morgan fingerprint density at radius 2 is 1.68 bits per heavy atom. The van der Waals surface area contributed by atoms with Crippen molar-refractivity contribution < 1.29 is 0 Å². The maximum Gasteiger partial charge on any atom is -0.0113 e. The Balaban J connectivity index is 2.04. The summed E-state index contributed by atoms with van der Waals surface area (Å²) in [5.41, 5.74) is 6.38. The number of fused-ring (bicyclic) bond motifs is 4. The molecule has 0 heteroatoms. The van der Waals surface area contributed by atoms with Gasteiger partial charge in [0.25, 0.3) is 0 Å². The van der Waals surface area contributed by atoms with Crippen molar-refractivity contribution in [1.82, 2.24) is 0 Å². The highest BCUT2D eigenvalue weighted by atomic mass is 14.2. The standard InChI is InChI=1S/C19H16/c1-4-13-8-10-17-16-9-7-12-3-2-6-15(12)18(16)11-14(5-1)19(13)17/h1,4-5,7,9,11H,2-3,6,8,10H2. The van der Waals surface area contributed by atoms with Crippen LogP contribution in [0.1, 0.15) is 28.7 Å². The average Bonchev–Trinajstić information content (AvgIpc) is 3.06. The van der Waals surface area contributed by atoms with Crippen LogP contribution in [0.15, 0.2) is 36.4 Å². The van der Waals surface area contributed by atoms with Crippen molar-refractivity contribution in [3.63, 3.8) is 0 Å². The molecule has 0 spiro atoms. The predicted molar refractivity (Wildman–Crippen MR) is 80.9 cm³/mol. The zero-order valence-electron chi connectivity index (χ0n) is 11.0. The molecule has 0 atom stereocenters. The number of aryl methyl sites for hydroxylation is 4. The van der Waals surface area contributed by atoms with Crippen LogP contribution in [0, 0.1) is 0 Å². The second-order valence-electron chi connectivity index (χ2n) is 6.02. The van der Waals surface area contributed by atoms with Crippen LogP contribution in [0.3, 0.4) is 0 Å². The lowest BCUT2D eigenvalue weighted by Gasteiger charge is -2.11. The fourth-order valence-electron chi connectivity index (χ4n) is 4.25. The number of hydrogen-bond acceptors (Lipinski definition) is 0. The molecule has 0 aliphatic heterocycles. The van der Waals surface area contributed by atoms with Crippen molar-refractivity contribution in [1.29, 1.82) is 0 Å². The van der Waals surface area contributed by atoms with Gasteiger partial charge in [0.1, 0.15) is 0 Å². The van der Waals surface area contributed by atoms with Crippen molar-refractivity contribution in [3.05, 3.63) is 58.7 Å². The summed E-state index contributed by atoms with van der Waals surface area (Å²) >= 11 is 0. The molecule has 0 N–H and O–H groups in total. The molecule has 0 unspecified atom stereocenters. The van der Waals surface area contributed by atoms with Crippen molar-refractivity contribution in [2.75, 3.05) is 0 Å². The summed E-state index contributed by atoms with van der Waals surface area (Å²) in [4.78, 5) is 0. The summed E-state index contributed by atoms with van der Waals surface area (Å²) in [6.45, 7) is 0. The molecule has 2 aliphatic rings. The largest absolute Gasteiger partial charge is 0.0614 e. The van der Waals surface area contributed by atoms with Crippen LogP contribution in [0.4, 0.5) is 0 Å². The Hall–Kier alpha value is -1.82. The quantitative estimate of drug-likeness (QED) is 0.508. The van der Waals surface area contributed by atoms with Crippen LogP contribution in [0.25, 0.3) is 21.5 Å². The number of rotatable bonds is 0. The molecule has 3 aromatic rings. The van der Waals surface area contributed by atoms with E-state index in [0.29, 0.717) is 0 Å². The molecule has 0 radical (unpaired) electrons. The minimum atomic E-state index is 1.23. The Morgan fingerprint density at radius 1 is 0.684 bits per heavy atom. The zero-order valence-corrected chi connectivity index (χ0v) is 11.0. The van der Waals surface area contributed by atoms with Gasteiger partial charge in [-0.25, -0.2) is 0 Å². The molecule has 0 bridgehead atoms. The molecular formula is C19H16. The molecule has 0 nitrogen and oxygen atoms in total. The van der Waals surface area contributed by atoms with E-state index in [1.54, 1.807) is 27.6 Å². The van der Waals surface area contributed by atoms with E-state index >= 15 is 0 Å². The van der Waals surface area contributed by atoms with Crippen LogP contribution in [0.2, 0.25) is 0 Å². The highest BCUT2D eigenvalue weighted by molar-refractivity contribution is 6.06. The monoisotopic (exact) mass is 244 g/mol. The molecule has 0 aromatic heterocycles. The van der Waals surface area contributed by atoms with Crippen LogP contribution in [-0.4, -0.2) is 0 Å². The molecule has 0 saturated carbocycles. The van der Waals surface area contributed by atoms with Gasteiger partial charge in [-0.1, -0.05) is 30.3 Å². The Morgan fingerprint density at radius 3 is 2.68 bits per heavy atom. The summed E-state index contributed by atoms with van der Waals surface area (Å²) in [6.07, 6.45) is 6.34. The molecule has 0 heterocycles. The summed E-state index contributed by atoms with van der Waals surface area (Å²) in [5, 5.41) is 6.07.